The third kappa shape index (κ3) is 5.95. The first-order valence-corrected chi connectivity index (χ1v) is 7.25. The lowest BCUT2D eigenvalue weighted by molar-refractivity contribution is -0.129. The predicted molar refractivity (Wildman–Crippen MR) is 83.6 cm³/mol. The van der Waals surface area contributed by atoms with E-state index in [0.29, 0.717) is 18.8 Å². The molecule has 5 nitrogen and oxygen atoms in total. The first-order chi connectivity index (χ1) is 9.93. The van der Waals surface area contributed by atoms with Gasteiger partial charge in [-0.1, -0.05) is 44.2 Å². The molecule has 0 saturated heterocycles. The van der Waals surface area contributed by atoms with Gasteiger partial charge in [0.15, 0.2) is 0 Å². The van der Waals surface area contributed by atoms with E-state index in [2.05, 4.69) is 10.6 Å². The summed E-state index contributed by atoms with van der Waals surface area (Å²) in [5, 5.41) is 5.31. The molecule has 5 heteroatoms. The van der Waals surface area contributed by atoms with Crippen molar-refractivity contribution >= 4 is 11.8 Å². The van der Waals surface area contributed by atoms with E-state index in [9.17, 15) is 9.59 Å². The molecule has 0 saturated carbocycles. The predicted octanol–water partition coefficient (Wildman–Crippen LogP) is 0.833. The van der Waals surface area contributed by atoms with Crippen molar-refractivity contribution in [3.05, 3.63) is 35.9 Å². The summed E-state index contributed by atoms with van der Waals surface area (Å²) >= 11 is 0. The minimum Gasteiger partial charge on any atom is -0.357 e. The summed E-state index contributed by atoms with van der Waals surface area (Å²) in [6.45, 7) is 4.01. The molecule has 1 aromatic rings. The zero-order valence-electron chi connectivity index (χ0n) is 12.9. The van der Waals surface area contributed by atoms with Crippen LogP contribution in [0.3, 0.4) is 0 Å². The number of nitrogens with one attached hydrogen (secondary N) is 2. The minimum atomic E-state index is -0.660. The van der Waals surface area contributed by atoms with Gasteiger partial charge < -0.3 is 16.4 Å². The van der Waals surface area contributed by atoms with Crippen LogP contribution in [-0.2, 0) is 16.0 Å². The molecule has 0 radical (unpaired) electrons. The molecular weight excluding hydrogens is 266 g/mol. The second-order valence-corrected chi connectivity index (χ2v) is 5.60. The summed E-state index contributed by atoms with van der Waals surface area (Å²) in [6.07, 6.45) is 1.04. The van der Waals surface area contributed by atoms with Crippen LogP contribution >= 0.6 is 0 Å². The van der Waals surface area contributed by atoms with Gasteiger partial charge in [-0.05, 0) is 24.3 Å². The van der Waals surface area contributed by atoms with Crippen molar-refractivity contribution in [2.45, 2.75) is 38.8 Å². The summed E-state index contributed by atoms with van der Waals surface area (Å²) in [6, 6.07) is 8.39. The molecule has 1 aromatic carbocycles. The quantitative estimate of drug-likeness (QED) is 0.696. The molecule has 0 aliphatic carbocycles. The van der Waals surface area contributed by atoms with E-state index in [0.717, 1.165) is 5.56 Å². The standard InChI is InChI=1S/C16H25N3O2/c1-11(2)9-14(16(21)18-3)19-15(20)13(17)10-12-7-5-4-6-8-12/h4-8,11,13-14H,9-10,17H2,1-3H3,(H,18,21)(H,19,20)/t13-,14?/m0/s1. The van der Waals surface area contributed by atoms with Gasteiger partial charge in [0.25, 0.3) is 0 Å². The highest BCUT2D eigenvalue weighted by Crippen LogP contribution is 2.06. The Morgan fingerprint density at radius 2 is 1.76 bits per heavy atom. The highest BCUT2D eigenvalue weighted by molar-refractivity contribution is 5.89. The Morgan fingerprint density at radius 1 is 1.14 bits per heavy atom. The number of nitrogens with two attached hydrogens (primary N) is 1. The van der Waals surface area contributed by atoms with Crippen LogP contribution in [0.15, 0.2) is 30.3 Å². The lowest BCUT2D eigenvalue weighted by Gasteiger charge is -2.21. The molecule has 21 heavy (non-hydrogen) atoms. The molecular formula is C16H25N3O2. The molecule has 0 heterocycles. The van der Waals surface area contributed by atoms with E-state index in [-0.39, 0.29) is 11.8 Å². The molecule has 0 aliphatic rings. The van der Waals surface area contributed by atoms with Gasteiger partial charge in [-0.25, -0.2) is 0 Å². The van der Waals surface area contributed by atoms with Crippen LogP contribution < -0.4 is 16.4 Å². The summed E-state index contributed by atoms with van der Waals surface area (Å²) in [5.41, 5.74) is 6.93. The monoisotopic (exact) mass is 291 g/mol. The van der Waals surface area contributed by atoms with Crippen LogP contribution in [0.4, 0.5) is 0 Å². The van der Waals surface area contributed by atoms with Gasteiger partial charge in [0, 0.05) is 7.05 Å². The molecule has 1 unspecified atom stereocenters. The maximum absolute atomic E-state index is 12.1. The van der Waals surface area contributed by atoms with Gasteiger partial charge in [-0.15, -0.1) is 0 Å². The Hall–Kier alpha value is -1.88. The lowest BCUT2D eigenvalue weighted by atomic mass is 10.0. The van der Waals surface area contributed by atoms with Gasteiger partial charge >= 0.3 is 0 Å². The lowest BCUT2D eigenvalue weighted by Crippen LogP contribution is -2.52. The summed E-state index contributed by atoms with van der Waals surface area (Å²) in [4.78, 5) is 23.9. The normalized spacial score (nSPS) is 13.6. The molecule has 0 aliphatic heterocycles. The number of carbonyl (C=O) groups excluding carboxylic acids is 2. The number of benzene rings is 1. The Morgan fingerprint density at radius 3 is 2.29 bits per heavy atom. The van der Waals surface area contributed by atoms with Crippen LogP contribution in [0.2, 0.25) is 0 Å². The van der Waals surface area contributed by atoms with E-state index in [4.69, 9.17) is 5.73 Å². The Kier molecular flexibility index (Phi) is 6.88. The third-order valence-corrected chi connectivity index (χ3v) is 3.22. The number of rotatable bonds is 7. The number of likely N-dealkylation sites (N-methyl/N-ethyl adjacent to an activating group) is 1. The molecule has 2 atom stereocenters. The number of carbonyl (C=O) groups is 2. The Bertz CT molecular complexity index is 460. The van der Waals surface area contributed by atoms with Gasteiger partial charge in [0.2, 0.25) is 11.8 Å². The van der Waals surface area contributed by atoms with E-state index in [1.54, 1.807) is 7.05 Å². The molecule has 4 N–H and O–H groups in total. The molecule has 0 spiro atoms. The zero-order valence-corrected chi connectivity index (χ0v) is 12.9. The SMILES string of the molecule is CNC(=O)C(CC(C)C)NC(=O)[C@@H](N)Cc1ccccc1. The first kappa shape index (κ1) is 17.2. The Balaban J connectivity index is 2.61. The van der Waals surface area contributed by atoms with E-state index in [1.807, 2.05) is 44.2 Å². The van der Waals surface area contributed by atoms with Crippen molar-refractivity contribution in [3.8, 4) is 0 Å². The van der Waals surface area contributed by atoms with Gasteiger partial charge in [0.1, 0.15) is 6.04 Å². The third-order valence-electron chi connectivity index (χ3n) is 3.22. The van der Waals surface area contributed by atoms with Gasteiger partial charge in [0.05, 0.1) is 6.04 Å². The fraction of sp³-hybridized carbons (Fsp3) is 0.500. The van der Waals surface area contributed by atoms with E-state index >= 15 is 0 Å². The van der Waals surface area contributed by atoms with Crippen molar-refractivity contribution in [1.82, 2.24) is 10.6 Å². The van der Waals surface area contributed by atoms with Crippen molar-refractivity contribution < 1.29 is 9.59 Å². The second kappa shape index (κ2) is 8.42. The maximum Gasteiger partial charge on any atom is 0.242 e. The smallest absolute Gasteiger partial charge is 0.242 e. The van der Waals surface area contributed by atoms with E-state index < -0.39 is 12.1 Å². The second-order valence-electron chi connectivity index (χ2n) is 5.60. The summed E-state index contributed by atoms with van der Waals surface area (Å²) < 4.78 is 0. The summed E-state index contributed by atoms with van der Waals surface area (Å²) in [7, 11) is 1.56. The molecule has 116 valence electrons. The highest BCUT2D eigenvalue weighted by atomic mass is 16.2. The number of amides is 2. The fourth-order valence-corrected chi connectivity index (χ4v) is 2.12. The van der Waals surface area contributed by atoms with E-state index in [1.165, 1.54) is 0 Å². The van der Waals surface area contributed by atoms with Gasteiger partial charge in [-0.3, -0.25) is 9.59 Å². The van der Waals surface area contributed by atoms with Crippen molar-refractivity contribution in [1.29, 1.82) is 0 Å². The van der Waals surface area contributed by atoms with Crippen LogP contribution in [0.1, 0.15) is 25.8 Å². The zero-order chi connectivity index (χ0) is 15.8. The molecule has 0 fully saturated rings. The first-order valence-electron chi connectivity index (χ1n) is 7.25. The average molecular weight is 291 g/mol. The highest BCUT2D eigenvalue weighted by Gasteiger charge is 2.23. The number of hydrogen-bond donors (Lipinski definition) is 3. The van der Waals surface area contributed by atoms with Crippen molar-refractivity contribution in [2.24, 2.45) is 11.7 Å². The van der Waals surface area contributed by atoms with Crippen molar-refractivity contribution in [2.75, 3.05) is 7.05 Å². The Labute approximate surface area is 126 Å². The number of hydrogen-bond acceptors (Lipinski definition) is 3. The van der Waals surface area contributed by atoms with Crippen molar-refractivity contribution in [3.63, 3.8) is 0 Å². The molecule has 0 aromatic heterocycles. The van der Waals surface area contributed by atoms with Gasteiger partial charge in [-0.2, -0.15) is 0 Å². The summed E-state index contributed by atoms with van der Waals surface area (Å²) in [5.74, 6) is -0.185. The fourth-order valence-electron chi connectivity index (χ4n) is 2.12. The topological polar surface area (TPSA) is 84.2 Å². The van der Waals surface area contributed by atoms with Crippen LogP contribution in [0.25, 0.3) is 0 Å². The molecule has 0 bridgehead atoms. The maximum atomic E-state index is 12.1. The largest absolute Gasteiger partial charge is 0.357 e. The van der Waals surface area contributed by atoms with Crippen LogP contribution in [0.5, 0.6) is 0 Å². The van der Waals surface area contributed by atoms with Crippen LogP contribution in [0, 0.1) is 5.92 Å². The minimum absolute atomic E-state index is 0.191. The average Bonchev–Trinajstić information content (AvgIpc) is 2.46. The molecule has 1 rings (SSSR count). The molecule has 2 amide bonds. The van der Waals surface area contributed by atoms with Crippen LogP contribution in [-0.4, -0.2) is 30.9 Å².